The maximum absolute atomic E-state index is 5.42. The van der Waals surface area contributed by atoms with Gasteiger partial charge in [-0.05, 0) is 23.8 Å². The number of hydrogen-bond acceptors (Lipinski definition) is 6. The second-order valence-corrected chi connectivity index (χ2v) is 6.29. The molecule has 6 nitrogen and oxygen atoms in total. The maximum atomic E-state index is 5.42. The number of rotatable bonds is 3. The predicted octanol–water partition coefficient (Wildman–Crippen LogP) is 2.86. The molecule has 0 aliphatic carbocycles. The van der Waals surface area contributed by atoms with E-state index in [-0.39, 0.29) is 0 Å². The number of ether oxygens (including phenoxy) is 1. The highest BCUT2D eigenvalue weighted by molar-refractivity contribution is 6.21. The molecule has 2 aliphatic rings. The number of fused-ring (bicyclic) bond motifs is 1. The zero-order valence-electron chi connectivity index (χ0n) is 14.2. The summed E-state index contributed by atoms with van der Waals surface area (Å²) in [6.45, 7) is 3.17. The first-order valence-electron chi connectivity index (χ1n) is 8.67. The summed E-state index contributed by atoms with van der Waals surface area (Å²) in [7, 11) is 0. The van der Waals surface area contributed by atoms with Gasteiger partial charge in [0.25, 0.3) is 0 Å². The average Bonchev–Trinajstić information content (AvgIpc) is 2.70. The molecule has 0 atom stereocenters. The molecule has 26 heavy (non-hydrogen) atoms. The molecule has 2 aromatic heterocycles. The van der Waals surface area contributed by atoms with Crippen molar-refractivity contribution in [1.82, 2.24) is 15.0 Å². The van der Waals surface area contributed by atoms with Gasteiger partial charge in [-0.1, -0.05) is 12.1 Å². The molecular formula is C20H17N5O. The van der Waals surface area contributed by atoms with E-state index < -0.39 is 0 Å². The number of nitrogens with zero attached hydrogens (tertiary/aromatic N) is 5. The van der Waals surface area contributed by atoms with E-state index in [1.165, 1.54) is 0 Å². The Morgan fingerprint density at radius 2 is 1.88 bits per heavy atom. The van der Waals surface area contributed by atoms with Crippen molar-refractivity contribution in [2.45, 2.75) is 0 Å². The van der Waals surface area contributed by atoms with Crippen LogP contribution in [0.3, 0.4) is 0 Å². The molecule has 0 radical (unpaired) electrons. The predicted molar refractivity (Wildman–Crippen MR) is 100 cm³/mol. The number of pyridine rings is 1. The summed E-state index contributed by atoms with van der Waals surface area (Å²) in [5, 5.41) is 0. The normalized spacial score (nSPS) is 15.8. The van der Waals surface area contributed by atoms with Gasteiger partial charge in [-0.25, -0.2) is 15.0 Å². The van der Waals surface area contributed by atoms with Crippen molar-refractivity contribution in [3.8, 4) is 11.1 Å². The van der Waals surface area contributed by atoms with Gasteiger partial charge in [0.1, 0.15) is 12.1 Å². The maximum Gasteiger partial charge on any atom is 0.132 e. The van der Waals surface area contributed by atoms with Gasteiger partial charge in [0.15, 0.2) is 0 Å². The number of hydrogen-bond donors (Lipinski definition) is 0. The lowest BCUT2D eigenvalue weighted by atomic mass is 9.95. The van der Waals surface area contributed by atoms with Gasteiger partial charge in [0.2, 0.25) is 0 Å². The van der Waals surface area contributed by atoms with Gasteiger partial charge >= 0.3 is 0 Å². The number of morpholine rings is 1. The van der Waals surface area contributed by atoms with Crippen molar-refractivity contribution < 1.29 is 4.74 Å². The molecule has 128 valence electrons. The van der Waals surface area contributed by atoms with E-state index in [4.69, 9.17) is 4.74 Å². The molecule has 4 heterocycles. The largest absolute Gasteiger partial charge is 0.378 e. The highest BCUT2D eigenvalue weighted by Crippen LogP contribution is 2.35. The Kier molecular flexibility index (Phi) is 3.68. The lowest BCUT2D eigenvalue weighted by molar-refractivity contribution is 0.122. The Bertz CT molecular complexity index is 981. The average molecular weight is 343 g/mol. The lowest BCUT2D eigenvalue weighted by Crippen LogP contribution is -2.37. The molecule has 1 fully saturated rings. The van der Waals surface area contributed by atoms with Crippen LogP contribution >= 0.6 is 0 Å². The fourth-order valence-electron chi connectivity index (χ4n) is 3.30. The molecular weight excluding hydrogens is 326 g/mol. The lowest BCUT2D eigenvalue weighted by Gasteiger charge is -2.28. The van der Waals surface area contributed by atoms with Crippen LogP contribution in [0.15, 0.2) is 60.1 Å². The summed E-state index contributed by atoms with van der Waals surface area (Å²) < 4.78 is 5.42. The van der Waals surface area contributed by atoms with Crippen molar-refractivity contribution in [2.24, 2.45) is 4.99 Å². The number of anilines is 1. The van der Waals surface area contributed by atoms with E-state index in [1.54, 1.807) is 12.5 Å². The summed E-state index contributed by atoms with van der Waals surface area (Å²) in [6.07, 6.45) is 5.27. The van der Waals surface area contributed by atoms with Crippen molar-refractivity contribution >= 4 is 17.2 Å². The van der Waals surface area contributed by atoms with Crippen molar-refractivity contribution in [3.63, 3.8) is 0 Å². The Balaban J connectivity index is 1.46. The SMILES string of the molecule is c1cncc(-c2ccc3c(c2)C(c2cc(N4CCOCC4)ncn2)=N3)c1. The van der Waals surface area contributed by atoms with Gasteiger partial charge in [-0.2, -0.15) is 0 Å². The monoisotopic (exact) mass is 343 g/mol. The summed E-state index contributed by atoms with van der Waals surface area (Å²) in [4.78, 5) is 19.9. The Labute approximate surface area is 151 Å². The molecule has 0 unspecified atom stereocenters. The van der Waals surface area contributed by atoms with E-state index in [2.05, 4.69) is 43.0 Å². The summed E-state index contributed by atoms with van der Waals surface area (Å²) in [6, 6.07) is 12.3. The fraction of sp³-hybridized carbons (Fsp3) is 0.200. The molecule has 0 N–H and O–H groups in total. The molecule has 0 bridgehead atoms. The second-order valence-electron chi connectivity index (χ2n) is 6.29. The van der Waals surface area contributed by atoms with Gasteiger partial charge in [-0.3, -0.25) is 4.98 Å². The molecule has 2 aliphatic heterocycles. The smallest absolute Gasteiger partial charge is 0.132 e. The Morgan fingerprint density at radius 1 is 0.962 bits per heavy atom. The van der Waals surface area contributed by atoms with Crippen LogP contribution in [-0.2, 0) is 4.74 Å². The first-order chi connectivity index (χ1) is 12.9. The van der Waals surface area contributed by atoms with Gasteiger partial charge in [-0.15, -0.1) is 0 Å². The van der Waals surface area contributed by atoms with Crippen LogP contribution < -0.4 is 4.90 Å². The van der Waals surface area contributed by atoms with Crippen LogP contribution in [0.5, 0.6) is 0 Å². The minimum Gasteiger partial charge on any atom is -0.378 e. The highest BCUT2D eigenvalue weighted by Gasteiger charge is 2.23. The molecule has 0 spiro atoms. The molecule has 3 aromatic rings. The van der Waals surface area contributed by atoms with Gasteiger partial charge in [0, 0.05) is 42.7 Å². The zero-order valence-corrected chi connectivity index (χ0v) is 14.2. The van der Waals surface area contributed by atoms with Crippen LogP contribution in [-0.4, -0.2) is 47.0 Å². The third kappa shape index (κ3) is 2.64. The molecule has 6 heteroatoms. The van der Waals surface area contributed by atoms with Crippen molar-refractivity contribution in [3.05, 3.63) is 66.4 Å². The quantitative estimate of drug-likeness (QED) is 0.572. The van der Waals surface area contributed by atoms with Crippen LogP contribution in [0.4, 0.5) is 11.5 Å². The van der Waals surface area contributed by atoms with Crippen LogP contribution in [0.2, 0.25) is 0 Å². The van der Waals surface area contributed by atoms with E-state index >= 15 is 0 Å². The number of benzene rings is 1. The van der Waals surface area contributed by atoms with Crippen molar-refractivity contribution in [2.75, 3.05) is 31.2 Å². The summed E-state index contributed by atoms with van der Waals surface area (Å²) in [5.41, 5.74) is 6.13. The zero-order chi connectivity index (χ0) is 17.3. The van der Waals surface area contributed by atoms with E-state index in [1.807, 2.05) is 24.4 Å². The van der Waals surface area contributed by atoms with E-state index in [0.717, 1.165) is 65.9 Å². The molecule has 5 rings (SSSR count). The fourth-order valence-corrected chi connectivity index (χ4v) is 3.30. The molecule has 0 saturated carbocycles. The molecule has 0 amide bonds. The third-order valence-corrected chi connectivity index (χ3v) is 4.71. The van der Waals surface area contributed by atoms with E-state index in [0.29, 0.717) is 0 Å². The summed E-state index contributed by atoms with van der Waals surface area (Å²) >= 11 is 0. The van der Waals surface area contributed by atoms with Gasteiger partial charge in [0.05, 0.1) is 30.3 Å². The summed E-state index contributed by atoms with van der Waals surface area (Å²) in [5.74, 6) is 0.929. The minimum absolute atomic E-state index is 0.734. The first kappa shape index (κ1) is 15.2. The van der Waals surface area contributed by atoms with Gasteiger partial charge < -0.3 is 9.64 Å². The standard InChI is InChI=1S/C20H17N5O/c1-2-15(12-21-5-1)14-3-4-17-16(10-14)20(24-17)18-11-19(23-13-22-18)25-6-8-26-9-7-25/h1-5,10-13H,6-9H2. The van der Waals surface area contributed by atoms with Crippen LogP contribution in [0.25, 0.3) is 11.1 Å². The highest BCUT2D eigenvalue weighted by atomic mass is 16.5. The molecule has 1 aromatic carbocycles. The second kappa shape index (κ2) is 6.31. The number of aliphatic imine (C=N–C) groups is 1. The Hall–Kier alpha value is -3.12. The first-order valence-corrected chi connectivity index (χ1v) is 8.67. The molecule has 1 saturated heterocycles. The topological polar surface area (TPSA) is 63.5 Å². The minimum atomic E-state index is 0.734. The Morgan fingerprint density at radius 3 is 2.73 bits per heavy atom. The third-order valence-electron chi connectivity index (χ3n) is 4.71. The van der Waals surface area contributed by atoms with Crippen molar-refractivity contribution in [1.29, 1.82) is 0 Å². The number of aromatic nitrogens is 3. The van der Waals surface area contributed by atoms with Crippen LogP contribution in [0.1, 0.15) is 11.3 Å². The van der Waals surface area contributed by atoms with E-state index in [9.17, 15) is 0 Å². The van der Waals surface area contributed by atoms with Crippen LogP contribution in [0, 0.1) is 0 Å².